The van der Waals surface area contributed by atoms with E-state index in [9.17, 15) is 9.59 Å². The number of rotatable bonds is 3. The van der Waals surface area contributed by atoms with Gasteiger partial charge in [-0.05, 0) is 50.2 Å². The second kappa shape index (κ2) is 6.35. The van der Waals surface area contributed by atoms with E-state index in [-0.39, 0.29) is 11.5 Å². The molecule has 2 aromatic carbocycles. The highest BCUT2D eigenvalue weighted by Gasteiger charge is 2.12. The number of hydrogen-bond donors (Lipinski definition) is 1. The number of oxazole rings is 1. The van der Waals surface area contributed by atoms with E-state index in [0.717, 1.165) is 0 Å². The van der Waals surface area contributed by atoms with Crippen LogP contribution in [0.15, 0.2) is 45.6 Å². The average Bonchev–Trinajstić information content (AvgIpc) is 3.01. The van der Waals surface area contributed by atoms with Crippen molar-refractivity contribution in [3.8, 4) is 0 Å². The van der Waals surface area contributed by atoms with Crippen LogP contribution in [0.1, 0.15) is 28.9 Å². The van der Waals surface area contributed by atoms with Crippen molar-refractivity contribution >= 4 is 33.7 Å². The molecule has 4 aromatic rings. The molecular formula is C20H18N4O3. The Morgan fingerprint density at radius 2 is 1.93 bits per heavy atom. The van der Waals surface area contributed by atoms with Crippen molar-refractivity contribution in [1.29, 1.82) is 0 Å². The van der Waals surface area contributed by atoms with Crippen molar-refractivity contribution in [3.63, 3.8) is 0 Å². The van der Waals surface area contributed by atoms with Crippen molar-refractivity contribution in [2.24, 2.45) is 0 Å². The molecule has 0 spiro atoms. The van der Waals surface area contributed by atoms with Crippen LogP contribution in [0.2, 0.25) is 0 Å². The number of benzene rings is 2. The van der Waals surface area contributed by atoms with Gasteiger partial charge in [0.05, 0.1) is 11.0 Å². The fourth-order valence-corrected chi connectivity index (χ4v) is 3.15. The predicted octanol–water partition coefficient (Wildman–Crippen LogP) is 3.43. The Balaban J connectivity index is 1.69. The van der Waals surface area contributed by atoms with Gasteiger partial charge in [0.25, 0.3) is 11.5 Å². The van der Waals surface area contributed by atoms with E-state index in [4.69, 9.17) is 4.42 Å². The third kappa shape index (κ3) is 2.97. The normalized spacial score (nSPS) is 11.2. The van der Waals surface area contributed by atoms with Gasteiger partial charge in [-0.2, -0.15) is 0 Å². The zero-order valence-electron chi connectivity index (χ0n) is 15.2. The number of carbonyl (C=O) groups is 1. The van der Waals surface area contributed by atoms with Crippen molar-refractivity contribution in [3.05, 3.63) is 63.9 Å². The van der Waals surface area contributed by atoms with Gasteiger partial charge in [0.2, 0.25) is 0 Å². The van der Waals surface area contributed by atoms with E-state index in [1.54, 1.807) is 54.8 Å². The summed E-state index contributed by atoms with van der Waals surface area (Å²) in [5, 5.41) is 2.86. The van der Waals surface area contributed by atoms with Gasteiger partial charge in [-0.25, -0.2) is 9.97 Å². The first-order valence-electron chi connectivity index (χ1n) is 8.66. The first kappa shape index (κ1) is 17.0. The molecule has 0 unspecified atom stereocenters. The Hall–Kier alpha value is -3.48. The smallest absolute Gasteiger partial charge is 0.272 e. The molecule has 1 amide bonds. The molecule has 0 fully saturated rings. The number of fused-ring (bicyclic) bond motifs is 2. The summed E-state index contributed by atoms with van der Waals surface area (Å²) in [4.78, 5) is 33.5. The topological polar surface area (TPSA) is 90.0 Å². The van der Waals surface area contributed by atoms with Gasteiger partial charge in [-0.3, -0.25) is 9.59 Å². The maximum absolute atomic E-state index is 12.7. The van der Waals surface area contributed by atoms with Crippen LogP contribution in [0.3, 0.4) is 0 Å². The highest BCUT2D eigenvalue weighted by Crippen LogP contribution is 2.21. The third-order valence-electron chi connectivity index (χ3n) is 4.44. The van der Waals surface area contributed by atoms with E-state index in [1.807, 2.05) is 6.92 Å². The highest BCUT2D eigenvalue weighted by molar-refractivity contribution is 6.06. The molecule has 0 radical (unpaired) electrons. The van der Waals surface area contributed by atoms with E-state index in [2.05, 4.69) is 15.3 Å². The largest absolute Gasteiger partial charge is 0.441 e. The quantitative estimate of drug-likeness (QED) is 0.603. The third-order valence-corrected chi connectivity index (χ3v) is 4.44. The molecular weight excluding hydrogens is 344 g/mol. The molecule has 0 aliphatic rings. The molecule has 136 valence electrons. The molecule has 1 N–H and O–H groups in total. The van der Waals surface area contributed by atoms with Crippen molar-refractivity contribution in [2.45, 2.75) is 27.3 Å². The summed E-state index contributed by atoms with van der Waals surface area (Å²) in [5.41, 5.74) is 4.08. The molecule has 0 saturated carbocycles. The van der Waals surface area contributed by atoms with Crippen LogP contribution in [-0.4, -0.2) is 20.4 Å². The second-order valence-corrected chi connectivity index (χ2v) is 6.32. The number of amides is 1. The van der Waals surface area contributed by atoms with Crippen LogP contribution in [0, 0.1) is 13.8 Å². The van der Waals surface area contributed by atoms with Gasteiger partial charge in [-0.1, -0.05) is 0 Å². The second-order valence-electron chi connectivity index (χ2n) is 6.32. The molecule has 7 nitrogen and oxygen atoms in total. The van der Waals surface area contributed by atoms with Gasteiger partial charge in [0.1, 0.15) is 11.2 Å². The van der Waals surface area contributed by atoms with Crippen LogP contribution in [0.25, 0.3) is 22.1 Å². The first-order chi connectivity index (χ1) is 13.0. The Morgan fingerprint density at radius 1 is 1.11 bits per heavy atom. The van der Waals surface area contributed by atoms with E-state index in [1.165, 1.54) is 0 Å². The zero-order valence-corrected chi connectivity index (χ0v) is 15.2. The number of aromatic nitrogens is 3. The van der Waals surface area contributed by atoms with Gasteiger partial charge in [-0.15, -0.1) is 0 Å². The van der Waals surface area contributed by atoms with Crippen LogP contribution in [-0.2, 0) is 6.54 Å². The summed E-state index contributed by atoms with van der Waals surface area (Å²) in [6, 6.07) is 10.5. The summed E-state index contributed by atoms with van der Waals surface area (Å²) in [6.07, 6.45) is 0. The Labute approximate surface area is 154 Å². The van der Waals surface area contributed by atoms with Crippen molar-refractivity contribution in [1.82, 2.24) is 14.5 Å². The van der Waals surface area contributed by atoms with Crippen LogP contribution in [0.5, 0.6) is 0 Å². The van der Waals surface area contributed by atoms with Gasteiger partial charge in [0.15, 0.2) is 11.5 Å². The van der Waals surface area contributed by atoms with E-state index in [0.29, 0.717) is 51.5 Å². The summed E-state index contributed by atoms with van der Waals surface area (Å²) >= 11 is 0. The predicted molar refractivity (Wildman–Crippen MR) is 103 cm³/mol. The standard InChI is InChI=1S/C20H18N4O3/c1-4-24-17-7-5-13(9-15(17)21-11(2)20(24)26)19(25)23-14-6-8-18-16(10-14)22-12(3)27-18/h5-10H,4H2,1-3H3,(H,23,25). The fraction of sp³-hybridized carbons (Fsp3) is 0.200. The Bertz CT molecular complexity index is 1250. The molecule has 0 bridgehead atoms. The Kier molecular flexibility index (Phi) is 3.99. The lowest BCUT2D eigenvalue weighted by Gasteiger charge is -2.10. The van der Waals surface area contributed by atoms with E-state index < -0.39 is 0 Å². The van der Waals surface area contributed by atoms with Gasteiger partial charge >= 0.3 is 0 Å². The maximum atomic E-state index is 12.7. The summed E-state index contributed by atoms with van der Waals surface area (Å²) < 4.78 is 7.10. The van der Waals surface area contributed by atoms with Gasteiger partial charge in [0, 0.05) is 24.7 Å². The number of nitrogens with one attached hydrogen (secondary N) is 1. The van der Waals surface area contributed by atoms with Crippen LogP contribution < -0.4 is 10.9 Å². The highest BCUT2D eigenvalue weighted by atomic mass is 16.3. The summed E-state index contributed by atoms with van der Waals surface area (Å²) in [7, 11) is 0. The molecule has 2 heterocycles. The minimum atomic E-state index is -0.259. The molecule has 4 rings (SSSR count). The monoisotopic (exact) mass is 362 g/mol. The first-order valence-corrected chi connectivity index (χ1v) is 8.66. The van der Waals surface area contributed by atoms with Gasteiger partial charge < -0.3 is 14.3 Å². The molecule has 0 atom stereocenters. The minimum Gasteiger partial charge on any atom is -0.441 e. The fourth-order valence-electron chi connectivity index (χ4n) is 3.15. The zero-order chi connectivity index (χ0) is 19.1. The van der Waals surface area contributed by atoms with Crippen molar-refractivity contribution < 1.29 is 9.21 Å². The number of nitrogens with zero attached hydrogens (tertiary/aromatic N) is 3. The molecule has 7 heteroatoms. The van der Waals surface area contributed by atoms with Crippen molar-refractivity contribution in [2.75, 3.05) is 5.32 Å². The number of carbonyl (C=O) groups excluding carboxylic acids is 1. The average molecular weight is 362 g/mol. The van der Waals surface area contributed by atoms with Crippen LogP contribution in [0.4, 0.5) is 5.69 Å². The lowest BCUT2D eigenvalue weighted by atomic mass is 10.1. The molecule has 0 saturated heterocycles. The maximum Gasteiger partial charge on any atom is 0.272 e. The molecule has 0 aliphatic carbocycles. The Morgan fingerprint density at radius 3 is 2.70 bits per heavy atom. The number of hydrogen-bond acceptors (Lipinski definition) is 5. The summed E-state index contributed by atoms with van der Waals surface area (Å²) in [5.74, 6) is 0.316. The molecule has 27 heavy (non-hydrogen) atoms. The summed E-state index contributed by atoms with van der Waals surface area (Å²) in [6.45, 7) is 5.90. The number of aryl methyl sites for hydroxylation is 3. The lowest BCUT2D eigenvalue weighted by Crippen LogP contribution is -2.23. The minimum absolute atomic E-state index is 0.113. The van der Waals surface area contributed by atoms with E-state index >= 15 is 0 Å². The lowest BCUT2D eigenvalue weighted by molar-refractivity contribution is 0.102. The number of anilines is 1. The molecule has 0 aliphatic heterocycles. The SMILES string of the molecule is CCn1c(=O)c(C)nc2cc(C(=O)Nc3ccc4oc(C)nc4c3)ccc21. The van der Waals surface area contributed by atoms with Crippen LogP contribution >= 0.6 is 0 Å². The molecule has 2 aromatic heterocycles.